The second-order valence-corrected chi connectivity index (χ2v) is 7.48. The van der Waals surface area contributed by atoms with E-state index >= 15 is 0 Å². The number of rotatable bonds is 8. The van der Waals surface area contributed by atoms with E-state index in [1.54, 1.807) is 36.0 Å². The van der Waals surface area contributed by atoms with Crippen LogP contribution in [0, 0.1) is 0 Å². The summed E-state index contributed by atoms with van der Waals surface area (Å²) in [5.74, 6) is -1.34. The number of ether oxygens (including phenoxy) is 1. The number of pyridine rings is 1. The Labute approximate surface area is 162 Å². The number of aliphatic hydroxyl groups excluding tert-OH is 1. The summed E-state index contributed by atoms with van der Waals surface area (Å²) >= 11 is 1.28. The average molecular weight is 386 g/mol. The third-order valence-corrected chi connectivity index (χ3v) is 5.16. The molecule has 3 heterocycles. The first-order chi connectivity index (χ1) is 13.0. The highest BCUT2D eigenvalue weighted by Gasteiger charge is 2.43. The number of carbonyl (C=O) groups excluding carboxylic acids is 2. The lowest BCUT2D eigenvalue weighted by molar-refractivity contribution is -0.129. The molecule has 2 aromatic heterocycles. The molecule has 3 rings (SSSR count). The molecule has 0 fully saturated rings. The fourth-order valence-electron chi connectivity index (χ4n) is 3.09. The SMILES string of the molecule is CC(C)OCCCN1C(=O)C(O)=C(C(=O)c2cccs2)C1c1cccnc1. The van der Waals surface area contributed by atoms with E-state index in [0.29, 0.717) is 30.0 Å². The number of hydrogen-bond donors (Lipinski definition) is 1. The maximum Gasteiger partial charge on any atom is 0.290 e. The van der Waals surface area contributed by atoms with Crippen LogP contribution in [0.1, 0.15) is 41.5 Å². The van der Waals surface area contributed by atoms with Gasteiger partial charge in [-0.25, -0.2) is 0 Å². The molecule has 0 bridgehead atoms. The van der Waals surface area contributed by atoms with Gasteiger partial charge in [-0.2, -0.15) is 0 Å². The van der Waals surface area contributed by atoms with Gasteiger partial charge in [0.25, 0.3) is 5.91 Å². The number of aliphatic hydroxyl groups is 1. The number of amides is 1. The lowest BCUT2D eigenvalue weighted by Gasteiger charge is -2.26. The summed E-state index contributed by atoms with van der Waals surface area (Å²) in [6.45, 7) is 4.77. The van der Waals surface area contributed by atoms with Gasteiger partial charge in [0, 0.05) is 25.5 Å². The molecular formula is C20H22N2O4S. The lowest BCUT2D eigenvalue weighted by Crippen LogP contribution is -2.32. The number of aromatic nitrogens is 1. The molecule has 7 heteroatoms. The maximum absolute atomic E-state index is 13.0. The predicted molar refractivity (Wildman–Crippen MR) is 103 cm³/mol. The molecule has 1 atom stereocenters. The van der Waals surface area contributed by atoms with Crippen molar-refractivity contribution in [3.05, 3.63) is 63.8 Å². The number of carbonyl (C=O) groups is 2. The number of nitrogens with zero attached hydrogens (tertiary/aromatic N) is 2. The number of thiophene rings is 1. The summed E-state index contributed by atoms with van der Waals surface area (Å²) in [5.41, 5.74) is 0.805. The first-order valence-corrected chi connectivity index (χ1v) is 9.72. The quantitative estimate of drug-likeness (QED) is 0.554. The van der Waals surface area contributed by atoms with Crippen molar-refractivity contribution in [1.82, 2.24) is 9.88 Å². The Balaban J connectivity index is 1.91. The second-order valence-electron chi connectivity index (χ2n) is 6.53. The minimum atomic E-state index is -0.653. The van der Waals surface area contributed by atoms with Gasteiger partial charge in [-0.15, -0.1) is 11.3 Å². The Morgan fingerprint density at radius 2 is 2.19 bits per heavy atom. The number of ketones is 1. The van der Waals surface area contributed by atoms with Gasteiger partial charge < -0.3 is 14.7 Å². The Bertz CT molecular complexity index is 831. The zero-order chi connectivity index (χ0) is 19.4. The van der Waals surface area contributed by atoms with Gasteiger partial charge in [0.15, 0.2) is 5.76 Å². The van der Waals surface area contributed by atoms with Crippen molar-refractivity contribution in [2.45, 2.75) is 32.4 Å². The number of Topliss-reactive ketones (excluding diaryl/α,β-unsaturated/α-hetero) is 1. The molecule has 0 saturated heterocycles. The highest BCUT2D eigenvalue weighted by molar-refractivity contribution is 7.12. The van der Waals surface area contributed by atoms with Gasteiger partial charge in [0.1, 0.15) is 0 Å². The molecule has 27 heavy (non-hydrogen) atoms. The van der Waals surface area contributed by atoms with Crippen molar-refractivity contribution in [2.24, 2.45) is 0 Å². The van der Waals surface area contributed by atoms with Crippen LogP contribution in [0.4, 0.5) is 0 Å². The van der Waals surface area contributed by atoms with Crippen molar-refractivity contribution in [3.63, 3.8) is 0 Å². The van der Waals surface area contributed by atoms with Crippen LogP contribution >= 0.6 is 11.3 Å². The van der Waals surface area contributed by atoms with Gasteiger partial charge >= 0.3 is 0 Å². The molecule has 0 saturated carbocycles. The summed E-state index contributed by atoms with van der Waals surface area (Å²) < 4.78 is 5.55. The summed E-state index contributed by atoms with van der Waals surface area (Å²) in [7, 11) is 0. The van der Waals surface area contributed by atoms with Gasteiger partial charge in [-0.05, 0) is 43.3 Å². The van der Waals surface area contributed by atoms with E-state index in [9.17, 15) is 14.7 Å². The molecule has 0 radical (unpaired) electrons. The monoisotopic (exact) mass is 386 g/mol. The van der Waals surface area contributed by atoms with E-state index in [1.165, 1.54) is 16.2 Å². The Morgan fingerprint density at radius 3 is 2.81 bits per heavy atom. The Morgan fingerprint density at radius 1 is 1.37 bits per heavy atom. The van der Waals surface area contributed by atoms with E-state index in [1.807, 2.05) is 19.9 Å². The van der Waals surface area contributed by atoms with E-state index < -0.39 is 17.7 Å². The van der Waals surface area contributed by atoms with Gasteiger partial charge in [-0.3, -0.25) is 14.6 Å². The van der Waals surface area contributed by atoms with Crippen LogP contribution in [-0.4, -0.2) is 45.9 Å². The van der Waals surface area contributed by atoms with Crippen LogP contribution in [0.15, 0.2) is 53.4 Å². The molecule has 1 aliphatic rings. The molecule has 0 aromatic carbocycles. The van der Waals surface area contributed by atoms with Crippen molar-refractivity contribution in [3.8, 4) is 0 Å². The van der Waals surface area contributed by atoms with Crippen molar-refractivity contribution in [1.29, 1.82) is 0 Å². The molecule has 1 N–H and O–H groups in total. The second kappa shape index (κ2) is 8.45. The fourth-order valence-corrected chi connectivity index (χ4v) is 3.77. The first kappa shape index (κ1) is 19.3. The minimum absolute atomic E-state index is 0.107. The smallest absolute Gasteiger partial charge is 0.290 e. The van der Waals surface area contributed by atoms with Crippen LogP contribution in [0.25, 0.3) is 0 Å². The topological polar surface area (TPSA) is 79.7 Å². The predicted octanol–water partition coefficient (Wildman–Crippen LogP) is 3.54. The lowest BCUT2D eigenvalue weighted by atomic mass is 9.96. The Hall–Kier alpha value is -2.51. The normalized spacial score (nSPS) is 17.2. The van der Waals surface area contributed by atoms with Crippen LogP contribution < -0.4 is 0 Å². The fraction of sp³-hybridized carbons (Fsp3) is 0.350. The van der Waals surface area contributed by atoms with Crippen LogP contribution in [0.5, 0.6) is 0 Å². The van der Waals surface area contributed by atoms with Crippen LogP contribution in [0.2, 0.25) is 0 Å². The van der Waals surface area contributed by atoms with Gasteiger partial charge in [0.2, 0.25) is 5.78 Å². The summed E-state index contributed by atoms with van der Waals surface area (Å²) in [6, 6.07) is 6.37. The van der Waals surface area contributed by atoms with Crippen molar-refractivity contribution >= 4 is 23.0 Å². The molecule has 0 aliphatic carbocycles. The van der Waals surface area contributed by atoms with E-state index in [4.69, 9.17) is 4.74 Å². The van der Waals surface area contributed by atoms with Crippen LogP contribution in [-0.2, 0) is 9.53 Å². The summed E-state index contributed by atoms with van der Waals surface area (Å²) in [6.07, 6.45) is 3.96. The molecule has 1 unspecified atom stereocenters. The van der Waals surface area contributed by atoms with Crippen molar-refractivity contribution < 1.29 is 19.4 Å². The molecule has 2 aromatic rings. The largest absolute Gasteiger partial charge is 0.503 e. The highest BCUT2D eigenvalue weighted by atomic mass is 32.1. The summed E-state index contributed by atoms with van der Waals surface area (Å²) in [5, 5.41) is 12.3. The van der Waals surface area contributed by atoms with E-state index in [2.05, 4.69) is 4.98 Å². The zero-order valence-corrected chi connectivity index (χ0v) is 16.1. The molecular weight excluding hydrogens is 364 g/mol. The van der Waals surface area contributed by atoms with Gasteiger partial charge in [-0.1, -0.05) is 12.1 Å². The molecule has 1 amide bonds. The standard InChI is InChI=1S/C20H22N2O4S/c1-13(2)26-10-5-9-22-17(14-6-3-8-21-12-14)16(19(24)20(22)25)18(23)15-7-4-11-27-15/h3-4,6-8,11-13,17,24H,5,9-10H2,1-2H3. The van der Waals surface area contributed by atoms with Gasteiger partial charge in [0.05, 0.1) is 22.6 Å². The Kier molecular flexibility index (Phi) is 6.03. The minimum Gasteiger partial charge on any atom is -0.503 e. The van der Waals surface area contributed by atoms with E-state index in [-0.39, 0.29) is 17.5 Å². The van der Waals surface area contributed by atoms with Crippen molar-refractivity contribution in [2.75, 3.05) is 13.2 Å². The zero-order valence-electron chi connectivity index (χ0n) is 15.3. The highest BCUT2D eigenvalue weighted by Crippen LogP contribution is 2.39. The maximum atomic E-state index is 13.0. The molecule has 1 aliphatic heterocycles. The third-order valence-electron chi connectivity index (χ3n) is 4.29. The first-order valence-electron chi connectivity index (χ1n) is 8.84. The third kappa shape index (κ3) is 4.09. The van der Waals surface area contributed by atoms with Crippen LogP contribution in [0.3, 0.4) is 0 Å². The molecule has 0 spiro atoms. The average Bonchev–Trinajstić information content (AvgIpc) is 3.28. The van der Waals surface area contributed by atoms with E-state index in [0.717, 1.165) is 0 Å². The summed E-state index contributed by atoms with van der Waals surface area (Å²) in [4.78, 5) is 31.8. The number of hydrogen-bond acceptors (Lipinski definition) is 6. The molecule has 6 nitrogen and oxygen atoms in total. The molecule has 142 valence electrons.